The molecule has 4 amide bonds. The molecule has 4 aliphatic heterocycles. The van der Waals surface area contributed by atoms with Crippen LogP contribution in [0.4, 0.5) is 0 Å². The molecule has 288 valence electrons. The number of imidazole rings is 1. The predicted molar refractivity (Wildman–Crippen MR) is 192 cm³/mol. The molecule has 1 aromatic heterocycles. The first-order valence-corrected chi connectivity index (χ1v) is 18.3. The fourth-order valence-electron chi connectivity index (χ4n) is 7.15. The van der Waals surface area contributed by atoms with Crippen LogP contribution in [-0.2, 0) is 48.1 Å². The number of carbonyl (C=O) groups excluding carboxylic acids is 4. The number of carboxylic acid groups (broad SMARTS) is 1. The third kappa shape index (κ3) is 9.47. The van der Waals surface area contributed by atoms with Gasteiger partial charge in [-0.25, -0.2) is 4.98 Å². The van der Waals surface area contributed by atoms with Gasteiger partial charge in [0.2, 0.25) is 30.4 Å². The first kappa shape index (κ1) is 38.1. The molecule has 7 rings (SSSR count). The first-order valence-electron chi connectivity index (χ1n) is 18.3. The lowest BCUT2D eigenvalue weighted by atomic mass is 9.91. The molecule has 3 N–H and O–H groups in total. The molecular weight excluding hydrogens is 700 g/mol. The second-order valence-corrected chi connectivity index (χ2v) is 13.4. The Morgan fingerprint density at radius 3 is 2.54 bits per heavy atom. The SMILES string of the molecule is O=C1CN(C(=O)CCc2ccc3c(c2)OCO3)CCNC(=O)Cn2cnc3c2CCN(C(=O)C2CCOCC2)C3c2cccc(c2)OCCCN1.O=CO. The van der Waals surface area contributed by atoms with Gasteiger partial charge in [-0.2, -0.15) is 0 Å². The highest BCUT2D eigenvalue weighted by Crippen LogP contribution is 2.38. The molecule has 54 heavy (non-hydrogen) atoms. The lowest BCUT2D eigenvalue weighted by Gasteiger charge is -2.38. The Kier molecular flexibility index (Phi) is 13.0. The van der Waals surface area contributed by atoms with Crippen molar-refractivity contribution in [1.29, 1.82) is 0 Å². The van der Waals surface area contributed by atoms with E-state index in [-0.39, 0.29) is 75.4 Å². The van der Waals surface area contributed by atoms with Crippen LogP contribution in [0.3, 0.4) is 0 Å². The standard InChI is InChI=1S/C37H44N6O8.CH2O2/c44-32-21-41(34(46)8-6-25-5-7-30-31(19-25)51-24-50-30)15-13-39-33(45)22-42-23-40-35-29(42)9-14-43(37(47)26-10-17-48-18-11-26)36(35)27-3-1-4-28(20-27)49-16-2-12-38-32;2-1-3/h1,3-5,7,19-20,23,26,36H,2,6,8-18,21-22,24H2,(H,38,44)(H,39,45);1H,(H,2,3). The normalized spacial score (nSPS) is 19.3. The van der Waals surface area contributed by atoms with Crippen molar-refractivity contribution in [3.63, 3.8) is 0 Å². The highest BCUT2D eigenvalue weighted by Gasteiger charge is 2.38. The number of hydrogen-bond acceptors (Lipinski definition) is 10. The number of ether oxygens (including phenoxy) is 4. The van der Waals surface area contributed by atoms with Crippen LogP contribution in [0.25, 0.3) is 0 Å². The quantitative estimate of drug-likeness (QED) is 0.330. The van der Waals surface area contributed by atoms with E-state index in [1.165, 1.54) is 4.90 Å². The Labute approximate surface area is 312 Å². The summed E-state index contributed by atoms with van der Waals surface area (Å²) in [5.41, 5.74) is 3.47. The molecule has 16 nitrogen and oxygen atoms in total. The van der Waals surface area contributed by atoms with Gasteiger partial charge < -0.3 is 49.1 Å². The van der Waals surface area contributed by atoms with E-state index in [2.05, 4.69) is 10.6 Å². The molecule has 0 aliphatic carbocycles. The van der Waals surface area contributed by atoms with Gasteiger partial charge in [0, 0.05) is 63.8 Å². The third-order valence-electron chi connectivity index (χ3n) is 9.85. The molecule has 0 radical (unpaired) electrons. The van der Waals surface area contributed by atoms with Crippen LogP contribution in [0.5, 0.6) is 17.2 Å². The topological polar surface area (TPSA) is 191 Å². The van der Waals surface area contributed by atoms with Gasteiger partial charge in [0.25, 0.3) is 6.47 Å². The molecule has 1 saturated heterocycles. The fourth-order valence-corrected chi connectivity index (χ4v) is 7.15. The van der Waals surface area contributed by atoms with Gasteiger partial charge in [-0.15, -0.1) is 0 Å². The molecule has 1 fully saturated rings. The minimum Gasteiger partial charge on any atom is -0.494 e. The van der Waals surface area contributed by atoms with Gasteiger partial charge in [0.15, 0.2) is 11.5 Å². The zero-order valence-corrected chi connectivity index (χ0v) is 30.1. The number of rotatable bonds is 4. The van der Waals surface area contributed by atoms with E-state index in [0.717, 1.165) is 22.5 Å². The molecule has 4 aliphatic rings. The van der Waals surface area contributed by atoms with Crippen LogP contribution >= 0.6 is 0 Å². The minimum absolute atomic E-state index is 0.0324. The van der Waals surface area contributed by atoms with Crippen molar-refractivity contribution in [1.82, 2.24) is 30.0 Å². The van der Waals surface area contributed by atoms with E-state index >= 15 is 0 Å². The Morgan fingerprint density at radius 2 is 1.70 bits per heavy atom. The van der Waals surface area contributed by atoms with Crippen LogP contribution in [0.2, 0.25) is 0 Å². The summed E-state index contributed by atoms with van der Waals surface area (Å²) in [6, 6.07) is 12.9. The number of aromatic nitrogens is 2. The van der Waals surface area contributed by atoms with Crippen molar-refractivity contribution < 1.29 is 48.0 Å². The van der Waals surface area contributed by atoms with Crippen molar-refractivity contribution in [2.24, 2.45) is 5.92 Å². The van der Waals surface area contributed by atoms with E-state index < -0.39 is 6.04 Å². The number of amides is 4. The molecule has 0 spiro atoms. The second kappa shape index (κ2) is 18.4. The van der Waals surface area contributed by atoms with E-state index in [4.69, 9.17) is 33.8 Å². The summed E-state index contributed by atoms with van der Waals surface area (Å²) in [5.74, 6) is 1.23. The number of hydrogen-bond donors (Lipinski definition) is 3. The minimum atomic E-state index is -0.431. The molecule has 1 atom stereocenters. The van der Waals surface area contributed by atoms with Crippen LogP contribution < -0.4 is 24.8 Å². The Bertz CT molecular complexity index is 1810. The van der Waals surface area contributed by atoms with Crippen molar-refractivity contribution in [3.05, 3.63) is 71.3 Å². The Morgan fingerprint density at radius 1 is 0.926 bits per heavy atom. The number of nitrogens with one attached hydrogen (secondary N) is 2. The number of aryl methyl sites for hydroxylation is 1. The summed E-state index contributed by atoms with van der Waals surface area (Å²) in [6.45, 7) is 2.54. The zero-order chi connectivity index (χ0) is 37.9. The van der Waals surface area contributed by atoms with E-state index in [1.807, 2.05) is 51.9 Å². The maximum absolute atomic E-state index is 13.9. The summed E-state index contributed by atoms with van der Waals surface area (Å²) in [5, 5.41) is 12.7. The molecule has 3 aromatic rings. The lowest BCUT2D eigenvalue weighted by molar-refractivity contribution is -0.141. The van der Waals surface area contributed by atoms with Crippen molar-refractivity contribution in [2.45, 2.75) is 51.1 Å². The maximum atomic E-state index is 13.9. The largest absolute Gasteiger partial charge is 0.494 e. The number of nitrogens with zero attached hydrogens (tertiary/aromatic N) is 4. The van der Waals surface area contributed by atoms with Crippen molar-refractivity contribution in [2.75, 3.05) is 59.3 Å². The van der Waals surface area contributed by atoms with E-state index in [0.29, 0.717) is 82.3 Å². The van der Waals surface area contributed by atoms with Gasteiger partial charge in [0.1, 0.15) is 18.3 Å². The van der Waals surface area contributed by atoms with Gasteiger partial charge >= 0.3 is 0 Å². The van der Waals surface area contributed by atoms with Crippen LogP contribution in [0.15, 0.2) is 48.8 Å². The third-order valence-corrected chi connectivity index (χ3v) is 9.85. The van der Waals surface area contributed by atoms with Gasteiger partial charge in [-0.1, -0.05) is 18.2 Å². The average Bonchev–Trinajstić information content (AvgIpc) is 3.83. The Hall–Kier alpha value is -5.64. The molecule has 0 saturated carbocycles. The molecule has 16 heteroatoms. The molecule has 6 bridgehead atoms. The number of fused-ring (bicyclic) bond motifs is 4. The summed E-state index contributed by atoms with van der Waals surface area (Å²) >= 11 is 0. The number of benzene rings is 2. The van der Waals surface area contributed by atoms with Gasteiger partial charge in [-0.3, -0.25) is 24.0 Å². The summed E-state index contributed by atoms with van der Waals surface area (Å²) < 4.78 is 24.3. The summed E-state index contributed by atoms with van der Waals surface area (Å²) in [7, 11) is 0. The number of carbonyl (C=O) groups is 5. The Balaban J connectivity index is 0.00000160. The van der Waals surface area contributed by atoms with Crippen LogP contribution in [0, 0.1) is 5.92 Å². The highest BCUT2D eigenvalue weighted by molar-refractivity contribution is 5.85. The van der Waals surface area contributed by atoms with Crippen molar-refractivity contribution >= 4 is 30.1 Å². The van der Waals surface area contributed by atoms with E-state index in [1.54, 1.807) is 6.33 Å². The summed E-state index contributed by atoms with van der Waals surface area (Å²) in [4.78, 5) is 70.1. The van der Waals surface area contributed by atoms with Gasteiger partial charge in [-0.05, 0) is 61.1 Å². The maximum Gasteiger partial charge on any atom is 0.290 e. The molecule has 2 aromatic carbocycles. The monoisotopic (exact) mass is 746 g/mol. The lowest BCUT2D eigenvalue weighted by Crippen LogP contribution is -2.45. The molecule has 5 heterocycles. The second-order valence-electron chi connectivity index (χ2n) is 13.4. The average molecular weight is 747 g/mol. The smallest absolute Gasteiger partial charge is 0.290 e. The fraction of sp³-hybridized carbons (Fsp3) is 0.474. The highest BCUT2D eigenvalue weighted by atomic mass is 16.7. The first-order chi connectivity index (χ1) is 26.3. The molecular formula is C38H46N6O10. The van der Waals surface area contributed by atoms with E-state index in [9.17, 15) is 19.2 Å². The predicted octanol–water partition coefficient (Wildman–Crippen LogP) is 1.69. The molecule has 1 unspecified atom stereocenters. The summed E-state index contributed by atoms with van der Waals surface area (Å²) in [6.07, 6.45) is 4.80. The van der Waals surface area contributed by atoms with Crippen LogP contribution in [-0.4, -0.2) is 114 Å². The van der Waals surface area contributed by atoms with Crippen LogP contribution in [0.1, 0.15) is 54.2 Å². The zero-order valence-electron chi connectivity index (χ0n) is 30.1. The van der Waals surface area contributed by atoms with Gasteiger partial charge in [0.05, 0.1) is 25.2 Å². The van der Waals surface area contributed by atoms with Crippen molar-refractivity contribution in [3.8, 4) is 17.2 Å².